The predicted octanol–water partition coefficient (Wildman–Crippen LogP) is 2.76. The molecule has 7 heteroatoms. The van der Waals surface area contributed by atoms with Gasteiger partial charge in [0.1, 0.15) is 12.4 Å². The van der Waals surface area contributed by atoms with E-state index < -0.39 is 5.91 Å². The Kier molecular flexibility index (Phi) is 9.67. The number of aliphatic imine (C=N–C) groups is 1. The fourth-order valence-electron chi connectivity index (χ4n) is 2.81. The molecule has 0 radical (unpaired) electrons. The summed E-state index contributed by atoms with van der Waals surface area (Å²) in [6.45, 7) is 9.50. The van der Waals surface area contributed by atoms with Crippen molar-refractivity contribution in [1.82, 2.24) is 10.6 Å². The molecule has 2 aromatic rings. The Morgan fingerprint density at radius 3 is 2.67 bits per heavy atom. The number of nitrogens with two attached hydrogens (primary N) is 1. The van der Waals surface area contributed by atoms with Gasteiger partial charge in [0.25, 0.3) is 0 Å². The standard InChI is InChI=1S/C23H32N4O3/c1-4-25-23(26-15-18-7-6-8-19(14-18)22(24)28)27-16-20-10-9-17(3)13-21(20)30-12-11-29-5-2/h6-10,13-14H,4-5,11-12,15-16H2,1-3H3,(H2,24,28)(H2,25,26,27). The molecule has 0 aromatic heterocycles. The number of nitrogens with zero attached hydrogens (tertiary/aromatic N) is 1. The molecule has 4 N–H and O–H groups in total. The van der Waals surface area contributed by atoms with Gasteiger partial charge in [-0.1, -0.05) is 24.3 Å². The van der Waals surface area contributed by atoms with E-state index in [1.807, 2.05) is 39.0 Å². The van der Waals surface area contributed by atoms with E-state index >= 15 is 0 Å². The third-order valence-corrected chi connectivity index (χ3v) is 4.33. The van der Waals surface area contributed by atoms with Crippen LogP contribution in [0.4, 0.5) is 0 Å². The summed E-state index contributed by atoms with van der Waals surface area (Å²) in [6, 6.07) is 13.3. The van der Waals surface area contributed by atoms with Gasteiger partial charge in [-0.05, 0) is 50.1 Å². The van der Waals surface area contributed by atoms with Gasteiger partial charge < -0.3 is 25.8 Å². The Morgan fingerprint density at radius 1 is 1.10 bits per heavy atom. The lowest BCUT2D eigenvalue weighted by Crippen LogP contribution is -2.36. The molecule has 1 amide bonds. The number of carbonyl (C=O) groups excluding carboxylic acids is 1. The summed E-state index contributed by atoms with van der Waals surface area (Å²) in [5, 5.41) is 6.58. The number of nitrogens with one attached hydrogen (secondary N) is 2. The van der Waals surface area contributed by atoms with Gasteiger partial charge >= 0.3 is 0 Å². The van der Waals surface area contributed by atoms with Crippen molar-refractivity contribution in [2.24, 2.45) is 10.7 Å². The first-order chi connectivity index (χ1) is 14.5. The first-order valence-electron chi connectivity index (χ1n) is 10.2. The van der Waals surface area contributed by atoms with Gasteiger partial charge in [0.05, 0.1) is 13.2 Å². The Hall–Kier alpha value is -3.06. The lowest BCUT2D eigenvalue weighted by molar-refractivity contribution is 0.1000. The highest BCUT2D eigenvalue weighted by molar-refractivity contribution is 5.92. The summed E-state index contributed by atoms with van der Waals surface area (Å²) in [4.78, 5) is 16.0. The zero-order valence-electron chi connectivity index (χ0n) is 18.0. The molecule has 0 bridgehead atoms. The van der Waals surface area contributed by atoms with Crippen molar-refractivity contribution >= 4 is 11.9 Å². The maximum absolute atomic E-state index is 11.4. The lowest BCUT2D eigenvalue weighted by Gasteiger charge is -2.15. The molecule has 7 nitrogen and oxygen atoms in total. The van der Waals surface area contributed by atoms with Gasteiger partial charge in [-0.15, -0.1) is 0 Å². The number of rotatable bonds is 11. The minimum absolute atomic E-state index is 0.433. The normalized spacial score (nSPS) is 11.2. The highest BCUT2D eigenvalue weighted by Crippen LogP contribution is 2.20. The molecule has 0 fully saturated rings. The summed E-state index contributed by atoms with van der Waals surface area (Å²) in [7, 11) is 0. The van der Waals surface area contributed by atoms with Crippen LogP contribution in [0.3, 0.4) is 0 Å². The van der Waals surface area contributed by atoms with E-state index in [-0.39, 0.29) is 0 Å². The van der Waals surface area contributed by atoms with Gasteiger partial charge in [-0.2, -0.15) is 0 Å². The summed E-state index contributed by atoms with van der Waals surface area (Å²) in [5.74, 6) is 1.08. The van der Waals surface area contributed by atoms with Crippen molar-refractivity contribution in [3.05, 3.63) is 64.7 Å². The van der Waals surface area contributed by atoms with Crippen molar-refractivity contribution in [2.75, 3.05) is 26.4 Å². The smallest absolute Gasteiger partial charge is 0.248 e. The van der Waals surface area contributed by atoms with Crippen LogP contribution in [0.25, 0.3) is 0 Å². The molecule has 0 unspecified atom stereocenters. The maximum atomic E-state index is 11.4. The van der Waals surface area contributed by atoms with Crippen LogP contribution < -0.4 is 21.1 Å². The van der Waals surface area contributed by atoms with E-state index in [0.29, 0.717) is 44.4 Å². The molecule has 0 heterocycles. The molecule has 162 valence electrons. The lowest BCUT2D eigenvalue weighted by atomic mass is 10.1. The van der Waals surface area contributed by atoms with Crippen molar-refractivity contribution in [3.8, 4) is 5.75 Å². The van der Waals surface area contributed by atoms with E-state index in [0.717, 1.165) is 29.0 Å². The van der Waals surface area contributed by atoms with Crippen LogP contribution in [-0.4, -0.2) is 38.2 Å². The number of primary amides is 1. The summed E-state index contributed by atoms with van der Waals surface area (Å²) in [5.41, 5.74) is 8.93. The van der Waals surface area contributed by atoms with Gasteiger partial charge in [-0.3, -0.25) is 4.79 Å². The van der Waals surface area contributed by atoms with E-state index in [4.69, 9.17) is 15.2 Å². The highest BCUT2D eigenvalue weighted by Gasteiger charge is 2.07. The number of hydrogen-bond acceptors (Lipinski definition) is 4. The average Bonchev–Trinajstić information content (AvgIpc) is 2.74. The zero-order chi connectivity index (χ0) is 21.8. The number of benzene rings is 2. The maximum Gasteiger partial charge on any atom is 0.248 e. The van der Waals surface area contributed by atoms with Crippen molar-refractivity contribution < 1.29 is 14.3 Å². The molecule has 0 saturated carbocycles. The van der Waals surface area contributed by atoms with Crippen LogP contribution in [0.2, 0.25) is 0 Å². The number of carbonyl (C=O) groups is 1. The van der Waals surface area contributed by atoms with Gasteiger partial charge in [-0.25, -0.2) is 4.99 Å². The quantitative estimate of drug-likeness (QED) is 0.299. The SMILES string of the molecule is CCNC(=NCc1cccc(C(N)=O)c1)NCc1ccc(C)cc1OCCOCC. The minimum atomic E-state index is -0.443. The number of ether oxygens (including phenoxy) is 2. The fraction of sp³-hybridized carbons (Fsp3) is 0.391. The largest absolute Gasteiger partial charge is 0.491 e. The molecule has 30 heavy (non-hydrogen) atoms. The second-order valence-corrected chi connectivity index (χ2v) is 6.77. The number of aryl methyl sites for hydroxylation is 1. The Labute approximate surface area is 178 Å². The van der Waals surface area contributed by atoms with Crippen LogP contribution >= 0.6 is 0 Å². The molecule has 0 aliphatic heterocycles. The monoisotopic (exact) mass is 412 g/mol. The van der Waals surface area contributed by atoms with E-state index in [9.17, 15) is 4.79 Å². The van der Waals surface area contributed by atoms with Crippen molar-refractivity contribution in [1.29, 1.82) is 0 Å². The molecule has 0 aliphatic rings. The Morgan fingerprint density at radius 2 is 1.93 bits per heavy atom. The molecular formula is C23H32N4O3. The van der Waals surface area contributed by atoms with E-state index in [1.165, 1.54) is 0 Å². The average molecular weight is 413 g/mol. The third-order valence-electron chi connectivity index (χ3n) is 4.33. The third kappa shape index (κ3) is 7.75. The predicted molar refractivity (Wildman–Crippen MR) is 120 cm³/mol. The second kappa shape index (κ2) is 12.5. The minimum Gasteiger partial charge on any atom is -0.491 e. The fourth-order valence-corrected chi connectivity index (χ4v) is 2.81. The Balaban J connectivity index is 2.04. The van der Waals surface area contributed by atoms with Gasteiger partial charge in [0.2, 0.25) is 5.91 Å². The van der Waals surface area contributed by atoms with Crippen molar-refractivity contribution in [3.63, 3.8) is 0 Å². The number of amides is 1. The molecule has 2 rings (SSSR count). The van der Waals surface area contributed by atoms with Crippen molar-refractivity contribution in [2.45, 2.75) is 33.9 Å². The molecule has 0 spiro atoms. The molecule has 0 aliphatic carbocycles. The highest BCUT2D eigenvalue weighted by atomic mass is 16.5. The molecule has 0 saturated heterocycles. The second-order valence-electron chi connectivity index (χ2n) is 6.77. The summed E-state index contributed by atoms with van der Waals surface area (Å²) in [6.07, 6.45) is 0. The molecule has 2 aromatic carbocycles. The van der Waals surface area contributed by atoms with E-state index in [2.05, 4.69) is 27.8 Å². The van der Waals surface area contributed by atoms with Crippen LogP contribution in [-0.2, 0) is 17.8 Å². The molecule has 0 atom stereocenters. The molecular weight excluding hydrogens is 380 g/mol. The first kappa shape index (κ1) is 23.2. The zero-order valence-corrected chi connectivity index (χ0v) is 18.0. The summed E-state index contributed by atoms with van der Waals surface area (Å²) >= 11 is 0. The van der Waals surface area contributed by atoms with E-state index in [1.54, 1.807) is 12.1 Å². The number of guanidine groups is 1. The topological polar surface area (TPSA) is 98.0 Å². The van der Waals surface area contributed by atoms with Crippen LogP contribution in [0.5, 0.6) is 5.75 Å². The summed E-state index contributed by atoms with van der Waals surface area (Å²) < 4.78 is 11.3. The number of hydrogen-bond donors (Lipinski definition) is 3. The van der Waals surface area contributed by atoms with Gasteiger partial charge in [0.15, 0.2) is 5.96 Å². The van der Waals surface area contributed by atoms with Gasteiger partial charge in [0, 0.05) is 30.8 Å². The first-order valence-corrected chi connectivity index (χ1v) is 10.2. The van der Waals surface area contributed by atoms with Crippen LogP contribution in [0.1, 0.15) is 40.9 Å². The van der Waals surface area contributed by atoms with Crippen LogP contribution in [0, 0.1) is 6.92 Å². The Bertz CT molecular complexity index is 852. The van der Waals surface area contributed by atoms with Crippen LogP contribution in [0.15, 0.2) is 47.5 Å².